The monoisotopic (exact) mass is 416 g/mol. The van der Waals surface area contributed by atoms with E-state index in [4.69, 9.17) is 9.26 Å². The molecule has 2 aromatic carbocycles. The average molecular weight is 416 g/mol. The third kappa shape index (κ3) is 3.65. The number of amides is 1. The van der Waals surface area contributed by atoms with Crippen molar-refractivity contribution in [2.45, 2.75) is 32.5 Å². The van der Waals surface area contributed by atoms with Crippen molar-refractivity contribution in [3.63, 3.8) is 0 Å². The minimum Gasteiger partial charge on any atom is -0.487 e. The van der Waals surface area contributed by atoms with Crippen LogP contribution in [0.3, 0.4) is 0 Å². The van der Waals surface area contributed by atoms with Gasteiger partial charge in [0.25, 0.3) is 5.91 Å². The van der Waals surface area contributed by atoms with Crippen molar-refractivity contribution in [3.05, 3.63) is 70.6 Å². The summed E-state index contributed by atoms with van der Waals surface area (Å²) >= 11 is 0. The van der Waals surface area contributed by atoms with E-state index in [1.807, 2.05) is 6.07 Å². The van der Waals surface area contributed by atoms with Crippen molar-refractivity contribution >= 4 is 5.91 Å². The highest BCUT2D eigenvalue weighted by Gasteiger charge is 2.35. The maximum Gasteiger partial charge on any atom is 0.417 e. The number of nitrogens with zero attached hydrogens (tertiary/aromatic N) is 1. The Hall–Kier alpha value is -3.29. The van der Waals surface area contributed by atoms with Gasteiger partial charge in [-0.3, -0.25) is 4.79 Å². The molecule has 4 rings (SSSR count). The Bertz CT molecular complexity index is 1090. The van der Waals surface area contributed by atoms with Crippen LogP contribution in [0, 0.1) is 13.8 Å². The molecule has 0 bridgehead atoms. The Morgan fingerprint density at radius 2 is 1.87 bits per heavy atom. The van der Waals surface area contributed by atoms with Crippen molar-refractivity contribution in [3.8, 4) is 16.9 Å². The van der Waals surface area contributed by atoms with Crippen molar-refractivity contribution in [2.75, 3.05) is 6.54 Å². The molecule has 2 heterocycles. The summed E-state index contributed by atoms with van der Waals surface area (Å²) in [7, 11) is 0. The Balaban J connectivity index is 1.55. The Morgan fingerprint density at radius 3 is 2.57 bits per heavy atom. The number of benzene rings is 2. The first-order chi connectivity index (χ1) is 14.3. The van der Waals surface area contributed by atoms with E-state index in [0.29, 0.717) is 34.8 Å². The highest BCUT2D eigenvalue weighted by atomic mass is 19.4. The summed E-state index contributed by atoms with van der Waals surface area (Å²) in [6.45, 7) is 3.54. The predicted molar refractivity (Wildman–Crippen MR) is 103 cm³/mol. The van der Waals surface area contributed by atoms with Crippen molar-refractivity contribution < 1.29 is 27.2 Å². The number of ether oxygens (including phenoxy) is 1. The summed E-state index contributed by atoms with van der Waals surface area (Å²) in [5.41, 5.74) is 1.43. The molecule has 8 heteroatoms. The standard InChI is InChI=1S/C22H19F3N2O3/c1-12-19(13(2)30-27-12)21(28)26-11-15-10-14-6-5-8-17(20(14)29-15)16-7-3-4-9-18(16)22(23,24)25/h3-9,15H,10-11H2,1-2H3,(H,26,28)/t15-/m0/s1. The van der Waals surface area contributed by atoms with E-state index >= 15 is 0 Å². The van der Waals surface area contributed by atoms with Gasteiger partial charge in [0.2, 0.25) is 0 Å². The lowest BCUT2D eigenvalue weighted by molar-refractivity contribution is -0.137. The van der Waals surface area contributed by atoms with E-state index in [9.17, 15) is 18.0 Å². The number of carbonyl (C=O) groups is 1. The average Bonchev–Trinajstić information content (AvgIpc) is 3.27. The van der Waals surface area contributed by atoms with Crippen LogP contribution in [-0.4, -0.2) is 23.7 Å². The van der Waals surface area contributed by atoms with Gasteiger partial charge in [-0.1, -0.05) is 41.6 Å². The molecule has 3 aromatic rings. The summed E-state index contributed by atoms with van der Waals surface area (Å²) < 4.78 is 51.4. The summed E-state index contributed by atoms with van der Waals surface area (Å²) in [4.78, 5) is 12.4. The van der Waals surface area contributed by atoms with Gasteiger partial charge >= 0.3 is 6.18 Å². The second-order valence-corrected chi connectivity index (χ2v) is 7.19. The first-order valence-corrected chi connectivity index (χ1v) is 9.42. The molecular weight excluding hydrogens is 397 g/mol. The van der Waals surface area contributed by atoms with Gasteiger partial charge in [0.1, 0.15) is 23.2 Å². The maximum atomic E-state index is 13.5. The zero-order valence-electron chi connectivity index (χ0n) is 16.3. The minimum atomic E-state index is -4.47. The topological polar surface area (TPSA) is 64.4 Å². The van der Waals surface area contributed by atoms with Gasteiger partial charge in [-0.2, -0.15) is 13.2 Å². The lowest BCUT2D eigenvalue weighted by atomic mass is 9.96. The van der Waals surface area contributed by atoms with Crippen LogP contribution in [0.15, 0.2) is 47.0 Å². The number of halogens is 3. The Morgan fingerprint density at radius 1 is 1.13 bits per heavy atom. The van der Waals surface area contributed by atoms with Gasteiger partial charge < -0.3 is 14.6 Å². The van der Waals surface area contributed by atoms with Crippen LogP contribution in [-0.2, 0) is 12.6 Å². The molecule has 0 saturated carbocycles. The molecule has 1 aliphatic heterocycles. The fourth-order valence-corrected chi connectivity index (χ4v) is 3.73. The number of alkyl halides is 3. The van der Waals surface area contributed by atoms with Crippen molar-refractivity contribution in [1.29, 1.82) is 0 Å². The number of nitrogens with one attached hydrogen (secondary N) is 1. The SMILES string of the molecule is Cc1noc(C)c1C(=O)NC[C@@H]1Cc2cccc(-c3ccccc3C(F)(F)F)c2O1. The molecule has 1 aromatic heterocycles. The van der Waals surface area contributed by atoms with E-state index < -0.39 is 11.7 Å². The van der Waals surface area contributed by atoms with Gasteiger partial charge in [-0.05, 0) is 31.0 Å². The Kier molecular flexibility index (Phi) is 5.01. The smallest absolute Gasteiger partial charge is 0.417 e. The second-order valence-electron chi connectivity index (χ2n) is 7.19. The minimum absolute atomic E-state index is 0.0715. The molecule has 0 saturated heterocycles. The molecule has 1 atom stereocenters. The number of fused-ring (bicyclic) bond motifs is 1. The maximum absolute atomic E-state index is 13.5. The number of hydrogen-bond donors (Lipinski definition) is 1. The molecule has 0 spiro atoms. The number of hydrogen-bond acceptors (Lipinski definition) is 4. The quantitative estimate of drug-likeness (QED) is 0.669. The van der Waals surface area contributed by atoms with Crippen LogP contribution in [0.4, 0.5) is 13.2 Å². The van der Waals surface area contributed by atoms with Gasteiger partial charge in [-0.25, -0.2) is 0 Å². The Labute approximate surface area is 170 Å². The van der Waals surface area contributed by atoms with Crippen LogP contribution in [0.25, 0.3) is 11.1 Å². The van der Waals surface area contributed by atoms with Crippen LogP contribution in [0.2, 0.25) is 0 Å². The van der Waals surface area contributed by atoms with E-state index in [0.717, 1.165) is 11.6 Å². The molecule has 0 radical (unpaired) electrons. The number of aromatic nitrogens is 1. The van der Waals surface area contributed by atoms with Crippen LogP contribution in [0.5, 0.6) is 5.75 Å². The molecule has 0 aliphatic carbocycles. The summed E-state index contributed by atoms with van der Waals surface area (Å²) in [5, 5.41) is 6.56. The lowest BCUT2D eigenvalue weighted by Crippen LogP contribution is -2.34. The largest absolute Gasteiger partial charge is 0.487 e. The van der Waals surface area contributed by atoms with E-state index in [2.05, 4.69) is 10.5 Å². The molecule has 0 fully saturated rings. The lowest BCUT2D eigenvalue weighted by Gasteiger charge is -2.16. The number of carbonyl (C=O) groups excluding carboxylic acids is 1. The van der Waals surface area contributed by atoms with E-state index in [1.165, 1.54) is 12.1 Å². The van der Waals surface area contributed by atoms with Crippen LogP contribution < -0.4 is 10.1 Å². The molecule has 1 N–H and O–H groups in total. The third-order valence-electron chi connectivity index (χ3n) is 5.10. The van der Waals surface area contributed by atoms with Gasteiger partial charge in [0.05, 0.1) is 17.8 Å². The van der Waals surface area contributed by atoms with E-state index in [1.54, 1.807) is 32.0 Å². The molecule has 1 aliphatic rings. The number of rotatable bonds is 4. The van der Waals surface area contributed by atoms with Crippen LogP contribution in [0.1, 0.15) is 32.9 Å². The highest BCUT2D eigenvalue weighted by molar-refractivity contribution is 5.96. The van der Waals surface area contributed by atoms with Crippen molar-refractivity contribution in [2.24, 2.45) is 0 Å². The summed E-state index contributed by atoms with van der Waals surface area (Å²) in [6, 6.07) is 10.6. The number of para-hydroxylation sites is 1. The van der Waals surface area contributed by atoms with Crippen LogP contribution >= 0.6 is 0 Å². The van der Waals surface area contributed by atoms with E-state index in [-0.39, 0.29) is 24.1 Å². The number of aryl methyl sites for hydroxylation is 2. The normalized spacial score (nSPS) is 15.6. The summed E-state index contributed by atoms with van der Waals surface area (Å²) in [5.74, 6) is 0.519. The molecule has 0 unspecified atom stereocenters. The first kappa shape index (κ1) is 20.0. The van der Waals surface area contributed by atoms with Gasteiger partial charge in [-0.15, -0.1) is 0 Å². The molecule has 156 valence electrons. The second kappa shape index (κ2) is 7.51. The zero-order chi connectivity index (χ0) is 21.5. The zero-order valence-corrected chi connectivity index (χ0v) is 16.3. The fourth-order valence-electron chi connectivity index (χ4n) is 3.73. The first-order valence-electron chi connectivity index (χ1n) is 9.42. The molecule has 30 heavy (non-hydrogen) atoms. The van der Waals surface area contributed by atoms with Gasteiger partial charge in [0.15, 0.2) is 0 Å². The fraction of sp³-hybridized carbons (Fsp3) is 0.273. The third-order valence-corrected chi connectivity index (χ3v) is 5.10. The van der Waals surface area contributed by atoms with Gasteiger partial charge in [0, 0.05) is 12.0 Å². The highest BCUT2D eigenvalue weighted by Crippen LogP contribution is 2.43. The van der Waals surface area contributed by atoms with Crippen molar-refractivity contribution in [1.82, 2.24) is 10.5 Å². The summed E-state index contributed by atoms with van der Waals surface area (Å²) in [6.07, 6.45) is -4.37. The predicted octanol–water partition coefficient (Wildman–Crippen LogP) is 4.71. The molecular formula is C22H19F3N2O3. The molecule has 1 amide bonds. The molecule has 5 nitrogen and oxygen atoms in total.